The van der Waals surface area contributed by atoms with Gasteiger partial charge in [-0.05, 0) is 60.7 Å². The quantitative estimate of drug-likeness (QED) is 0.359. The highest BCUT2D eigenvalue weighted by atomic mass is 14.8. The van der Waals surface area contributed by atoms with Crippen LogP contribution in [-0.2, 0) is 0 Å². The molecule has 0 unspecified atom stereocenters. The number of hydrogen-bond acceptors (Lipinski definition) is 2. The maximum atomic E-state index is 4.90. The van der Waals surface area contributed by atoms with Gasteiger partial charge in [0.2, 0.25) is 0 Å². The lowest BCUT2D eigenvalue weighted by atomic mass is 10.0. The summed E-state index contributed by atoms with van der Waals surface area (Å²) in [5.74, 6) is 0. The minimum absolute atomic E-state index is 0.911. The molecule has 0 amide bonds. The molecule has 5 heterocycles. The lowest BCUT2D eigenvalue weighted by molar-refractivity contribution is 1.31. The molecular weight excluding hydrogens is 344 g/mol. The van der Waals surface area contributed by atoms with Crippen LogP contribution in [0.4, 0.5) is 0 Å². The van der Waals surface area contributed by atoms with Gasteiger partial charge >= 0.3 is 0 Å². The van der Waals surface area contributed by atoms with E-state index in [1.54, 1.807) is 0 Å². The van der Waals surface area contributed by atoms with E-state index in [4.69, 9.17) is 9.97 Å². The third-order valence-corrected chi connectivity index (χ3v) is 5.06. The Morgan fingerprint density at radius 3 is 1.71 bits per heavy atom. The van der Waals surface area contributed by atoms with Crippen molar-refractivity contribution in [2.45, 2.75) is 0 Å². The summed E-state index contributed by atoms with van der Waals surface area (Å²) in [7, 11) is 0. The van der Waals surface area contributed by atoms with Crippen molar-refractivity contribution in [1.82, 2.24) is 19.9 Å². The average Bonchev–Trinajstić information content (AvgIpc) is 3.47. The first-order valence-corrected chi connectivity index (χ1v) is 9.26. The summed E-state index contributed by atoms with van der Waals surface area (Å²) >= 11 is 0. The molecule has 0 saturated heterocycles. The molecule has 8 bridgehead atoms. The Balaban J connectivity index is 1.73. The Bertz CT molecular complexity index is 1420. The SMILES string of the molecule is C1=Cc2cc3ccc(cc4ccc(cc5nc(cc1n2)-c1ccccc1-5)[nH]4)[nH]3. The van der Waals surface area contributed by atoms with Crippen molar-refractivity contribution in [2.24, 2.45) is 0 Å². The number of rotatable bonds is 0. The molecule has 6 rings (SSSR count). The topological polar surface area (TPSA) is 57.4 Å². The van der Waals surface area contributed by atoms with Gasteiger partial charge in [0, 0.05) is 33.2 Å². The first-order valence-electron chi connectivity index (χ1n) is 9.26. The summed E-state index contributed by atoms with van der Waals surface area (Å²) in [6, 6.07) is 24.9. The van der Waals surface area contributed by atoms with Gasteiger partial charge in [-0.1, -0.05) is 24.3 Å². The van der Waals surface area contributed by atoms with Crippen molar-refractivity contribution in [3.63, 3.8) is 0 Å². The normalized spacial score (nSPS) is 12.1. The van der Waals surface area contributed by atoms with Crippen LogP contribution in [0.15, 0.2) is 72.8 Å². The van der Waals surface area contributed by atoms with Crippen LogP contribution in [-0.4, -0.2) is 19.9 Å². The van der Waals surface area contributed by atoms with Gasteiger partial charge in [-0.25, -0.2) is 9.97 Å². The van der Waals surface area contributed by atoms with Crippen LogP contribution in [0.3, 0.4) is 0 Å². The molecular formula is C24H16N4. The summed E-state index contributed by atoms with van der Waals surface area (Å²) < 4.78 is 0. The third-order valence-electron chi connectivity index (χ3n) is 5.06. The first kappa shape index (κ1) is 15.2. The van der Waals surface area contributed by atoms with Crippen LogP contribution in [0, 0.1) is 0 Å². The van der Waals surface area contributed by atoms with Gasteiger partial charge in [0.25, 0.3) is 0 Å². The Kier molecular flexibility index (Phi) is 3.14. The molecule has 0 saturated carbocycles. The average molecular weight is 360 g/mol. The van der Waals surface area contributed by atoms with Crippen LogP contribution in [0.2, 0.25) is 0 Å². The van der Waals surface area contributed by atoms with Gasteiger partial charge in [-0.3, -0.25) is 0 Å². The van der Waals surface area contributed by atoms with Gasteiger partial charge in [-0.15, -0.1) is 0 Å². The maximum absolute atomic E-state index is 4.90. The second-order valence-electron chi connectivity index (χ2n) is 7.04. The molecule has 1 aromatic carbocycles. The third kappa shape index (κ3) is 2.55. The summed E-state index contributed by atoms with van der Waals surface area (Å²) in [5.41, 5.74) is 10.2. The van der Waals surface area contributed by atoms with E-state index in [2.05, 4.69) is 82.8 Å². The zero-order valence-corrected chi connectivity index (χ0v) is 15.0. The lowest BCUT2D eigenvalue weighted by Crippen LogP contribution is -1.77. The molecule has 0 atom stereocenters. The number of aromatic amines is 2. The maximum Gasteiger partial charge on any atom is 0.0737 e. The largest absolute Gasteiger partial charge is 0.355 e. The number of benzene rings is 1. The van der Waals surface area contributed by atoms with Crippen molar-refractivity contribution >= 4 is 34.2 Å². The number of hydrogen-bond donors (Lipinski definition) is 2. The summed E-state index contributed by atoms with van der Waals surface area (Å²) in [4.78, 5) is 16.5. The molecule has 2 aliphatic rings. The minimum Gasteiger partial charge on any atom is -0.355 e. The van der Waals surface area contributed by atoms with Crippen LogP contribution < -0.4 is 0 Å². The van der Waals surface area contributed by atoms with E-state index in [1.165, 1.54) is 0 Å². The summed E-state index contributed by atoms with van der Waals surface area (Å²) in [5, 5.41) is 0. The smallest absolute Gasteiger partial charge is 0.0737 e. The van der Waals surface area contributed by atoms with Crippen LogP contribution in [0.1, 0.15) is 11.4 Å². The monoisotopic (exact) mass is 360 g/mol. The molecule has 0 aliphatic carbocycles. The zero-order valence-electron chi connectivity index (χ0n) is 15.0. The Morgan fingerprint density at radius 1 is 0.500 bits per heavy atom. The summed E-state index contributed by atoms with van der Waals surface area (Å²) in [6.45, 7) is 0. The van der Waals surface area contributed by atoms with Crippen molar-refractivity contribution in [3.8, 4) is 22.5 Å². The molecule has 2 aliphatic heterocycles. The van der Waals surface area contributed by atoms with E-state index in [0.717, 1.165) is 56.0 Å². The molecule has 4 aromatic rings. The highest BCUT2D eigenvalue weighted by molar-refractivity contribution is 5.87. The minimum atomic E-state index is 0.911. The van der Waals surface area contributed by atoms with E-state index in [-0.39, 0.29) is 0 Å². The highest BCUT2D eigenvalue weighted by Gasteiger charge is 2.15. The van der Waals surface area contributed by atoms with Crippen LogP contribution in [0.5, 0.6) is 0 Å². The molecule has 4 heteroatoms. The van der Waals surface area contributed by atoms with Gasteiger partial charge in [0.1, 0.15) is 0 Å². The van der Waals surface area contributed by atoms with Crippen molar-refractivity contribution < 1.29 is 0 Å². The van der Waals surface area contributed by atoms with Gasteiger partial charge in [-0.2, -0.15) is 0 Å². The highest BCUT2D eigenvalue weighted by Crippen LogP contribution is 2.35. The van der Waals surface area contributed by atoms with E-state index in [0.29, 0.717) is 0 Å². The van der Waals surface area contributed by atoms with Gasteiger partial charge < -0.3 is 9.97 Å². The van der Waals surface area contributed by atoms with Gasteiger partial charge in [0.05, 0.1) is 22.8 Å². The van der Waals surface area contributed by atoms with Crippen molar-refractivity contribution in [1.29, 1.82) is 0 Å². The Labute approximate surface area is 161 Å². The molecule has 0 radical (unpaired) electrons. The number of nitrogens with zero attached hydrogens (tertiary/aromatic N) is 2. The Hall–Kier alpha value is -3.92. The molecule has 2 N–H and O–H groups in total. The standard InChI is InChI=1S/C24H16N4/c1-2-4-22-21(3-1)23-13-19-9-7-17(26-19)11-15-5-6-16(25-15)12-18-8-10-20(27-18)14-24(22)28-23/h1-14,25-26H. The van der Waals surface area contributed by atoms with E-state index < -0.39 is 0 Å². The first-order chi connectivity index (χ1) is 13.8. The van der Waals surface area contributed by atoms with Crippen molar-refractivity contribution in [2.75, 3.05) is 0 Å². The molecule has 0 spiro atoms. The van der Waals surface area contributed by atoms with Crippen LogP contribution >= 0.6 is 0 Å². The second kappa shape index (κ2) is 5.79. The molecule has 3 aromatic heterocycles. The second-order valence-corrected chi connectivity index (χ2v) is 7.04. The summed E-state index contributed by atoms with van der Waals surface area (Å²) in [6.07, 6.45) is 4.06. The fourth-order valence-electron chi connectivity index (χ4n) is 3.77. The predicted octanol–water partition coefficient (Wildman–Crippen LogP) is 5.82. The lowest BCUT2D eigenvalue weighted by Gasteiger charge is -1.97. The number of aromatic nitrogens is 4. The zero-order chi connectivity index (χ0) is 18.5. The Morgan fingerprint density at radius 2 is 1.04 bits per heavy atom. The predicted molar refractivity (Wildman–Crippen MR) is 114 cm³/mol. The molecule has 132 valence electrons. The van der Waals surface area contributed by atoms with Crippen LogP contribution in [0.25, 0.3) is 56.7 Å². The fraction of sp³-hybridized carbons (Fsp3) is 0. The number of fused-ring (bicyclic) bond motifs is 11. The number of nitrogens with one attached hydrogen (secondary N) is 2. The van der Waals surface area contributed by atoms with E-state index >= 15 is 0 Å². The molecule has 4 nitrogen and oxygen atoms in total. The van der Waals surface area contributed by atoms with E-state index in [1.807, 2.05) is 12.2 Å². The van der Waals surface area contributed by atoms with E-state index in [9.17, 15) is 0 Å². The van der Waals surface area contributed by atoms with Gasteiger partial charge in [0.15, 0.2) is 0 Å². The molecule has 28 heavy (non-hydrogen) atoms. The van der Waals surface area contributed by atoms with Crippen molar-refractivity contribution in [3.05, 3.63) is 84.2 Å². The fourth-order valence-corrected chi connectivity index (χ4v) is 3.77. The molecule has 0 fully saturated rings. The number of H-pyrrole nitrogens is 2.